The molecule has 160 valence electrons. The molecule has 0 radical (unpaired) electrons. The van der Waals surface area contributed by atoms with E-state index in [9.17, 15) is 4.79 Å². The molecule has 0 aliphatic carbocycles. The summed E-state index contributed by atoms with van der Waals surface area (Å²) in [6.07, 6.45) is 0.422. The molecule has 4 rings (SSSR count). The van der Waals surface area contributed by atoms with Crippen LogP contribution >= 0.6 is 0 Å². The second-order valence-corrected chi connectivity index (χ2v) is 8.31. The van der Waals surface area contributed by atoms with Crippen LogP contribution in [0.5, 0.6) is 0 Å². The summed E-state index contributed by atoms with van der Waals surface area (Å²) in [5, 5.41) is 3.11. The van der Waals surface area contributed by atoms with Gasteiger partial charge in [0.25, 0.3) is 0 Å². The lowest BCUT2D eigenvalue weighted by atomic mass is 10.1. The fourth-order valence-electron chi connectivity index (χ4n) is 4.19. The number of anilines is 1. The van der Waals surface area contributed by atoms with Gasteiger partial charge in [0.05, 0.1) is 6.42 Å². The maximum atomic E-state index is 12.4. The number of para-hydroxylation sites is 1. The third-order valence-corrected chi connectivity index (χ3v) is 5.93. The standard InChI is InChI=1S/C27H31N3O/c1-22-8-7-9-23(18-22)19-27(31)28-20-24-10-5-6-11-25(24)21-29-14-16-30(17-15-29)26-12-3-2-4-13-26/h2-13,18H,14-17,19-21H2,1H3,(H,28,31). The molecule has 1 saturated heterocycles. The number of aryl methyl sites for hydroxylation is 1. The Labute approximate surface area is 185 Å². The summed E-state index contributed by atoms with van der Waals surface area (Å²) in [4.78, 5) is 17.4. The first-order valence-electron chi connectivity index (χ1n) is 11.1. The quantitative estimate of drug-likeness (QED) is 0.631. The number of hydrogen-bond acceptors (Lipinski definition) is 3. The van der Waals surface area contributed by atoms with Crippen molar-refractivity contribution in [3.8, 4) is 0 Å². The molecule has 0 spiro atoms. The van der Waals surface area contributed by atoms with E-state index in [1.807, 2.05) is 12.1 Å². The number of nitrogens with one attached hydrogen (secondary N) is 1. The van der Waals surface area contributed by atoms with Crippen LogP contribution in [0.2, 0.25) is 0 Å². The third-order valence-electron chi connectivity index (χ3n) is 5.93. The predicted octanol–water partition coefficient (Wildman–Crippen LogP) is 4.18. The molecule has 4 nitrogen and oxygen atoms in total. The van der Waals surface area contributed by atoms with E-state index in [0.717, 1.165) is 38.3 Å². The Morgan fingerprint density at radius 2 is 1.55 bits per heavy atom. The Kier molecular flexibility index (Phi) is 7.00. The smallest absolute Gasteiger partial charge is 0.224 e. The van der Waals surface area contributed by atoms with Crippen LogP contribution < -0.4 is 10.2 Å². The summed E-state index contributed by atoms with van der Waals surface area (Å²) < 4.78 is 0. The molecule has 0 saturated carbocycles. The van der Waals surface area contributed by atoms with Crippen molar-refractivity contribution in [1.29, 1.82) is 0 Å². The van der Waals surface area contributed by atoms with E-state index >= 15 is 0 Å². The van der Waals surface area contributed by atoms with Gasteiger partial charge in [0, 0.05) is 45.0 Å². The van der Waals surface area contributed by atoms with Crippen molar-refractivity contribution in [2.75, 3.05) is 31.1 Å². The number of amides is 1. The van der Waals surface area contributed by atoms with Gasteiger partial charge in [0.1, 0.15) is 0 Å². The molecular weight excluding hydrogens is 382 g/mol. The molecule has 1 N–H and O–H groups in total. The molecule has 1 fully saturated rings. The molecular formula is C27H31N3O. The molecule has 4 heteroatoms. The molecule has 3 aromatic carbocycles. The molecule has 3 aromatic rings. The van der Waals surface area contributed by atoms with Gasteiger partial charge in [-0.15, -0.1) is 0 Å². The lowest BCUT2D eigenvalue weighted by molar-refractivity contribution is -0.120. The highest BCUT2D eigenvalue weighted by atomic mass is 16.1. The van der Waals surface area contributed by atoms with Crippen LogP contribution in [0.3, 0.4) is 0 Å². The summed E-state index contributed by atoms with van der Waals surface area (Å²) in [6.45, 7) is 7.72. The minimum Gasteiger partial charge on any atom is -0.369 e. The molecule has 1 aliphatic rings. The van der Waals surface area contributed by atoms with Gasteiger partial charge in [-0.1, -0.05) is 72.3 Å². The average molecular weight is 414 g/mol. The number of piperazine rings is 1. The normalized spacial score (nSPS) is 14.4. The summed E-state index contributed by atoms with van der Waals surface area (Å²) >= 11 is 0. The van der Waals surface area contributed by atoms with Crippen LogP contribution in [-0.2, 0) is 24.3 Å². The van der Waals surface area contributed by atoms with Crippen molar-refractivity contribution in [2.24, 2.45) is 0 Å². The van der Waals surface area contributed by atoms with Crippen molar-refractivity contribution < 1.29 is 4.79 Å². The van der Waals surface area contributed by atoms with Crippen molar-refractivity contribution in [2.45, 2.75) is 26.4 Å². The predicted molar refractivity (Wildman–Crippen MR) is 127 cm³/mol. The number of benzene rings is 3. The highest BCUT2D eigenvalue weighted by Crippen LogP contribution is 2.18. The number of nitrogens with zero attached hydrogens (tertiary/aromatic N) is 2. The zero-order valence-electron chi connectivity index (χ0n) is 18.3. The summed E-state index contributed by atoms with van der Waals surface area (Å²) in [6, 6.07) is 27.2. The van der Waals surface area contributed by atoms with E-state index in [0.29, 0.717) is 13.0 Å². The summed E-state index contributed by atoms with van der Waals surface area (Å²) in [5.74, 6) is 0.0666. The van der Waals surface area contributed by atoms with Gasteiger partial charge >= 0.3 is 0 Å². The van der Waals surface area contributed by atoms with Crippen molar-refractivity contribution in [1.82, 2.24) is 10.2 Å². The Bertz CT molecular complexity index is 994. The van der Waals surface area contributed by atoms with Gasteiger partial charge < -0.3 is 10.2 Å². The first-order chi connectivity index (χ1) is 15.2. The Morgan fingerprint density at radius 1 is 0.839 bits per heavy atom. The minimum atomic E-state index is 0.0666. The zero-order chi connectivity index (χ0) is 21.5. The van der Waals surface area contributed by atoms with E-state index in [2.05, 4.69) is 88.8 Å². The molecule has 0 unspecified atom stereocenters. The second-order valence-electron chi connectivity index (χ2n) is 8.31. The maximum Gasteiger partial charge on any atom is 0.224 e. The first-order valence-corrected chi connectivity index (χ1v) is 11.1. The Balaban J connectivity index is 1.30. The van der Waals surface area contributed by atoms with Gasteiger partial charge in [0.2, 0.25) is 5.91 Å². The van der Waals surface area contributed by atoms with Crippen molar-refractivity contribution in [3.05, 3.63) is 101 Å². The van der Waals surface area contributed by atoms with Crippen LogP contribution in [0.4, 0.5) is 5.69 Å². The van der Waals surface area contributed by atoms with Crippen LogP contribution in [0.1, 0.15) is 22.3 Å². The largest absolute Gasteiger partial charge is 0.369 e. The van der Waals surface area contributed by atoms with Crippen LogP contribution in [-0.4, -0.2) is 37.0 Å². The number of hydrogen-bond donors (Lipinski definition) is 1. The highest BCUT2D eigenvalue weighted by molar-refractivity contribution is 5.78. The fourth-order valence-corrected chi connectivity index (χ4v) is 4.19. The van der Waals surface area contributed by atoms with Crippen LogP contribution in [0.15, 0.2) is 78.9 Å². The van der Waals surface area contributed by atoms with E-state index in [1.165, 1.54) is 22.4 Å². The second kappa shape index (κ2) is 10.3. The average Bonchev–Trinajstić information content (AvgIpc) is 2.80. The van der Waals surface area contributed by atoms with Crippen molar-refractivity contribution in [3.63, 3.8) is 0 Å². The van der Waals surface area contributed by atoms with Gasteiger partial charge in [-0.05, 0) is 35.7 Å². The lowest BCUT2D eigenvalue weighted by Crippen LogP contribution is -2.46. The van der Waals surface area contributed by atoms with E-state index in [-0.39, 0.29) is 5.91 Å². The molecule has 1 amide bonds. The topological polar surface area (TPSA) is 35.6 Å². The van der Waals surface area contributed by atoms with E-state index < -0.39 is 0 Å². The molecule has 0 atom stereocenters. The van der Waals surface area contributed by atoms with Crippen LogP contribution in [0.25, 0.3) is 0 Å². The zero-order valence-corrected chi connectivity index (χ0v) is 18.3. The molecule has 1 heterocycles. The van der Waals surface area contributed by atoms with E-state index in [4.69, 9.17) is 0 Å². The molecule has 0 bridgehead atoms. The van der Waals surface area contributed by atoms with Gasteiger partial charge in [0.15, 0.2) is 0 Å². The monoisotopic (exact) mass is 413 g/mol. The van der Waals surface area contributed by atoms with Gasteiger partial charge in [-0.2, -0.15) is 0 Å². The summed E-state index contributed by atoms with van der Waals surface area (Å²) in [7, 11) is 0. The van der Waals surface area contributed by atoms with Crippen molar-refractivity contribution >= 4 is 11.6 Å². The third kappa shape index (κ3) is 5.96. The SMILES string of the molecule is Cc1cccc(CC(=O)NCc2ccccc2CN2CCN(c3ccccc3)CC2)c1. The Hall–Kier alpha value is -3.11. The maximum absolute atomic E-state index is 12.4. The van der Waals surface area contributed by atoms with Gasteiger partial charge in [-0.3, -0.25) is 9.69 Å². The first kappa shape index (κ1) is 21.1. The fraction of sp³-hybridized carbons (Fsp3) is 0.296. The minimum absolute atomic E-state index is 0.0666. The molecule has 0 aromatic heterocycles. The van der Waals surface area contributed by atoms with E-state index in [1.54, 1.807) is 0 Å². The number of carbonyl (C=O) groups excluding carboxylic acids is 1. The number of carbonyl (C=O) groups is 1. The van der Waals surface area contributed by atoms with Crippen LogP contribution in [0, 0.1) is 6.92 Å². The lowest BCUT2D eigenvalue weighted by Gasteiger charge is -2.36. The Morgan fingerprint density at radius 3 is 2.29 bits per heavy atom. The number of rotatable bonds is 7. The molecule has 1 aliphatic heterocycles. The summed E-state index contributed by atoms with van der Waals surface area (Å²) in [5.41, 5.74) is 6.04. The molecule has 31 heavy (non-hydrogen) atoms. The van der Waals surface area contributed by atoms with Gasteiger partial charge in [-0.25, -0.2) is 0 Å². The highest BCUT2D eigenvalue weighted by Gasteiger charge is 2.18.